The number of likely N-dealkylation sites (tertiary alicyclic amines) is 1. The van der Waals surface area contributed by atoms with Crippen LogP contribution in [0.4, 0.5) is 11.4 Å². The van der Waals surface area contributed by atoms with Crippen LogP contribution in [0.1, 0.15) is 25.7 Å². The molecule has 2 heterocycles. The van der Waals surface area contributed by atoms with Gasteiger partial charge in [-0.3, -0.25) is 24.1 Å². The van der Waals surface area contributed by atoms with Gasteiger partial charge in [0.05, 0.1) is 11.8 Å². The number of carbonyl (C=O) groups is 4. The van der Waals surface area contributed by atoms with Crippen molar-refractivity contribution in [2.24, 2.45) is 11.8 Å². The quantitative estimate of drug-likeness (QED) is 0.648. The van der Waals surface area contributed by atoms with Crippen molar-refractivity contribution in [3.63, 3.8) is 0 Å². The molecule has 7 heteroatoms. The highest BCUT2D eigenvalue weighted by molar-refractivity contribution is 6.09. The van der Waals surface area contributed by atoms with E-state index >= 15 is 0 Å². The Kier molecular flexibility index (Phi) is 4.51. The van der Waals surface area contributed by atoms with Gasteiger partial charge in [0, 0.05) is 24.3 Å². The Morgan fingerprint density at radius 1 is 1.00 bits per heavy atom. The summed E-state index contributed by atoms with van der Waals surface area (Å²) in [5.41, 5.74) is 1.37. The zero-order valence-electron chi connectivity index (χ0n) is 14.9. The maximum Gasteiger partial charge on any atom is 0.244 e. The van der Waals surface area contributed by atoms with Crippen LogP contribution in [0.15, 0.2) is 36.4 Å². The second kappa shape index (κ2) is 6.98. The lowest BCUT2D eigenvalue weighted by molar-refractivity contribution is -0.142. The Morgan fingerprint density at radius 2 is 1.63 bits per heavy atom. The van der Waals surface area contributed by atoms with E-state index in [1.54, 1.807) is 29.2 Å². The van der Waals surface area contributed by atoms with Gasteiger partial charge >= 0.3 is 0 Å². The molecule has 7 nitrogen and oxygen atoms in total. The number of hydrogen-bond acceptors (Lipinski definition) is 4. The molecule has 1 aromatic carbocycles. The molecule has 1 aromatic rings. The van der Waals surface area contributed by atoms with E-state index in [0.29, 0.717) is 31.5 Å². The maximum absolute atomic E-state index is 12.4. The summed E-state index contributed by atoms with van der Waals surface area (Å²) in [4.78, 5) is 51.7. The van der Waals surface area contributed by atoms with E-state index in [0.717, 1.165) is 17.0 Å². The first kappa shape index (κ1) is 17.5. The highest BCUT2D eigenvalue weighted by Crippen LogP contribution is 2.34. The molecule has 2 atom stereocenters. The number of fused-ring (bicyclic) bond motifs is 1. The van der Waals surface area contributed by atoms with Crippen LogP contribution < -0.4 is 10.2 Å². The molecule has 2 aliphatic heterocycles. The van der Waals surface area contributed by atoms with Gasteiger partial charge in [-0.1, -0.05) is 12.2 Å². The number of allylic oxidation sites excluding steroid dienone is 2. The predicted molar refractivity (Wildman–Crippen MR) is 98.7 cm³/mol. The monoisotopic (exact) mass is 367 g/mol. The van der Waals surface area contributed by atoms with Crippen LogP contribution in [0.2, 0.25) is 0 Å². The van der Waals surface area contributed by atoms with Crippen LogP contribution in [0, 0.1) is 11.8 Å². The highest BCUT2D eigenvalue weighted by atomic mass is 16.2. The number of benzene rings is 1. The summed E-state index contributed by atoms with van der Waals surface area (Å²) >= 11 is 0. The van der Waals surface area contributed by atoms with Gasteiger partial charge in [0.2, 0.25) is 23.6 Å². The summed E-state index contributed by atoms with van der Waals surface area (Å²) in [6.45, 7) is 0.442. The number of nitrogens with one attached hydrogen (secondary N) is 1. The third-order valence-corrected chi connectivity index (χ3v) is 5.44. The second-order valence-corrected chi connectivity index (χ2v) is 7.16. The lowest BCUT2D eigenvalue weighted by Crippen LogP contribution is -2.38. The largest absolute Gasteiger partial charge is 0.325 e. The fourth-order valence-electron chi connectivity index (χ4n) is 4.01. The minimum absolute atomic E-state index is 0.105. The molecule has 0 aromatic heterocycles. The van der Waals surface area contributed by atoms with Crippen LogP contribution in [0.5, 0.6) is 0 Å². The van der Waals surface area contributed by atoms with E-state index in [-0.39, 0.29) is 36.1 Å². The lowest BCUT2D eigenvalue weighted by Gasteiger charge is -2.17. The van der Waals surface area contributed by atoms with Gasteiger partial charge in [-0.05, 0) is 43.5 Å². The second-order valence-electron chi connectivity index (χ2n) is 7.16. The third kappa shape index (κ3) is 3.25. The van der Waals surface area contributed by atoms with Crippen molar-refractivity contribution in [2.75, 3.05) is 23.3 Å². The highest BCUT2D eigenvalue weighted by Gasteiger charge is 2.47. The first-order valence-corrected chi connectivity index (χ1v) is 9.25. The average molecular weight is 367 g/mol. The third-order valence-electron chi connectivity index (χ3n) is 5.44. The summed E-state index contributed by atoms with van der Waals surface area (Å²) in [6, 6.07) is 7.00. The van der Waals surface area contributed by atoms with E-state index in [9.17, 15) is 19.2 Å². The fraction of sp³-hybridized carbons (Fsp3) is 0.400. The van der Waals surface area contributed by atoms with Gasteiger partial charge in [-0.25, -0.2) is 0 Å². The summed E-state index contributed by atoms with van der Waals surface area (Å²) in [5, 5.41) is 2.72. The van der Waals surface area contributed by atoms with Crippen molar-refractivity contribution < 1.29 is 19.2 Å². The summed E-state index contributed by atoms with van der Waals surface area (Å²) in [7, 11) is 0. The molecule has 2 saturated heterocycles. The topological polar surface area (TPSA) is 86.8 Å². The van der Waals surface area contributed by atoms with Gasteiger partial charge in [0.15, 0.2) is 0 Å². The maximum atomic E-state index is 12.4. The summed E-state index contributed by atoms with van der Waals surface area (Å²) in [6.07, 6.45) is 6.37. The Bertz CT molecular complexity index is 804. The van der Waals surface area contributed by atoms with E-state index in [1.807, 2.05) is 12.2 Å². The summed E-state index contributed by atoms with van der Waals surface area (Å²) < 4.78 is 0. The standard InChI is InChI=1S/C20H21N3O4/c24-17(12-23-19(26)15-4-1-2-5-16(15)20(23)27)21-13-7-9-14(10-8-13)22-11-3-6-18(22)25/h1-2,7-10,15-16H,3-6,11-12H2,(H,21,24)/t15-,16-/m1/s1. The number of hydrogen-bond donors (Lipinski definition) is 1. The number of amides is 4. The molecular weight excluding hydrogens is 346 g/mol. The van der Waals surface area contributed by atoms with Crippen molar-refractivity contribution in [1.82, 2.24) is 4.90 Å². The van der Waals surface area contributed by atoms with Crippen molar-refractivity contribution in [3.05, 3.63) is 36.4 Å². The molecule has 0 saturated carbocycles. The number of imide groups is 1. The lowest BCUT2D eigenvalue weighted by atomic mass is 9.85. The molecule has 4 rings (SSSR count). The zero-order chi connectivity index (χ0) is 19.0. The van der Waals surface area contributed by atoms with Gasteiger partial charge in [0.1, 0.15) is 6.54 Å². The Hall–Kier alpha value is -2.96. The minimum Gasteiger partial charge on any atom is -0.325 e. The van der Waals surface area contributed by atoms with Crippen molar-refractivity contribution in [3.8, 4) is 0 Å². The van der Waals surface area contributed by atoms with Gasteiger partial charge < -0.3 is 10.2 Å². The molecule has 0 bridgehead atoms. The minimum atomic E-state index is -0.409. The number of anilines is 2. The van der Waals surface area contributed by atoms with E-state index in [2.05, 4.69) is 5.32 Å². The molecule has 2 fully saturated rings. The molecule has 27 heavy (non-hydrogen) atoms. The molecule has 3 aliphatic rings. The first-order chi connectivity index (χ1) is 13.0. The van der Waals surface area contributed by atoms with Crippen LogP contribution in [0.25, 0.3) is 0 Å². The molecule has 1 aliphatic carbocycles. The molecule has 0 spiro atoms. The van der Waals surface area contributed by atoms with Crippen LogP contribution in [0.3, 0.4) is 0 Å². The normalized spacial score (nSPS) is 24.5. The van der Waals surface area contributed by atoms with Crippen LogP contribution in [-0.4, -0.2) is 41.6 Å². The fourth-order valence-corrected chi connectivity index (χ4v) is 4.01. The van der Waals surface area contributed by atoms with Gasteiger partial charge in [-0.2, -0.15) is 0 Å². The van der Waals surface area contributed by atoms with Gasteiger partial charge in [-0.15, -0.1) is 0 Å². The number of nitrogens with zero attached hydrogens (tertiary/aromatic N) is 2. The van der Waals surface area contributed by atoms with Crippen LogP contribution in [-0.2, 0) is 19.2 Å². The average Bonchev–Trinajstić information content (AvgIpc) is 3.20. The molecular formula is C20H21N3O4. The van der Waals surface area contributed by atoms with Crippen LogP contribution >= 0.6 is 0 Å². The van der Waals surface area contributed by atoms with Crippen molar-refractivity contribution >= 4 is 35.0 Å². The smallest absolute Gasteiger partial charge is 0.244 e. The van der Waals surface area contributed by atoms with E-state index in [4.69, 9.17) is 0 Å². The Balaban J connectivity index is 1.37. The molecule has 0 unspecified atom stereocenters. The van der Waals surface area contributed by atoms with E-state index < -0.39 is 5.91 Å². The molecule has 140 valence electrons. The zero-order valence-corrected chi connectivity index (χ0v) is 14.9. The molecule has 4 amide bonds. The van der Waals surface area contributed by atoms with Gasteiger partial charge in [0.25, 0.3) is 0 Å². The predicted octanol–water partition coefficient (Wildman–Crippen LogP) is 1.70. The summed E-state index contributed by atoms with van der Waals surface area (Å²) in [5.74, 6) is -1.47. The van der Waals surface area contributed by atoms with Crippen molar-refractivity contribution in [1.29, 1.82) is 0 Å². The Morgan fingerprint density at radius 3 is 2.19 bits per heavy atom. The Labute approximate surface area is 157 Å². The SMILES string of the molecule is O=C(CN1C(=O)[C@@H]2CC=CC[C@H]2C1=O)Nc1ccc(N2CCCC2=O)cc1. The molecule has 1 N–H and O–H groups in total. The molecule has 0 radical (unpaired) electrons. The first-order valence-electron chi connectivity index (χ1n) is 9.25. The van der Waals surface area contributed by atoms with Crippen molar-refractivity contribution in [2.45, 2.75) is 25.7 Å². The van der Waals surface area contributed by atoms with E-state index in [1.165, 1.54) is 0 Å². The number of rotatable bonds is 4. The number of carbonyl (C=O) groups excluding carboxylic acids is 4.